The number of hydrogen-bond acceptors (Lipinski definition) is 6. The molecule has 21 heavy (non-hydrogen) atoms. The van der Waals surface area contributed by atoms with Gasteiger partial charge < -0.3 is 4.74 Å². The van der Waals surface area contributed by atoms with E-state index in [2.05, 4.69) is 0 Å². The molecule has 0 radical (unpaired) electrons. The Morgan fingerprint density at radius 3 is 2.10 bits per heavy atom. The van der Waals surface area contributed by atoms with Crippen molar-refractivity contribution in [2.75, 3.05) is 19.1 Å². The predicted octanol–water partition coefficient (Wildman–Crippen LogP) is 3.23. The molecule has 0 saturated heterocycles. The number of carbonyl (C=O) groups is 1. The van der Waals surface area contributed by atoms with Crippen molar-refractivity contribution in [1.82, 2.24) is 0 Å². The molecule has 0 heterocycles. The van der Waals surface area contributed by atoms with Gasteiger partial charge in [-0.2, -0.15) is 0 Å². The Morgan fingerprint density at radius 2 is 1.67 bits per heavy atom. The zero-order valence-electron chi connectivity index (χ0n) is 12.4. The molecule has 1 aromatic rings. The lowest BCUT2D eigenvalue weighted by Crippen LogP contribution is -2.18. The molecule has 7 heteroatoms. The van der Waals surface area contributed by atoms with E-state index in [1.807, 2.05) is 6.92 Å². The predicted molar refractivity (Wildman–Crippen MR) is 89.1 cm³/mol. The maximum atomic E-state index is 12.7. The summed E-state index contributed by atoms with van der Waals surface area (Å²) in [7, 11) is -3.90. The zero-order chi connectivity index (χ0) is 16.0. The Labute approximate surface area is 134 Å². The van der Waals surface area contributed by atoms with Gasteiger partial charge >= 0.3 is 5.97 Å². The Bertz CT molecular complexity index is 625. The highest BCUT2D eigenvalue weighted by atomic mass is 32.2. The van der Waals surface area contributed by atoms with E-state index in [1.54, 1.807) is 31.6 Å². The van der Waals surface area contributed by atoms with E-state index in [1.165, 1.54) is 35.7 Å². The minimum atomic E-state index is -3.90. The van der Waals surface area contributed by atoms with Crippen LogP contribution in [0.2, 0.25) is 0 Å². The van der Waals surface area contributed by atoms with Crippen LogP contribution in [0.25, 0.3) is 0 Å². The van der Waals surface area contributed by atoms with Crippen molar-refractivity contribution >= 4 is 39.3 Å². The van der Waals surface area contributed by atoms with Crippen LogP contribution in [-0.2, 0) is 19.4 Å². The summed E-state index contributed by atoms with van der Waals surface area (Å²) in [6, 6.07) is 6.41. The van der Waals surface area contributed by atoms with E-state index in [4.69, 9.17) is 4.74 Å². The molecule has 0 bridgehead atoms. The first-order valence-corrected chi connectivity index (χ1v) is 10.1. The van der Waals surface area contributed by atoms with Crippen molar-refractivity contribution in [2.24, 2.45) is 0 Å². The molecule has 0 fully saturated rings. The van der Waals surface area contributed by atoms with Crippen molar-refractivity contribution in [3.8, 4) is 0 Å². The lowest BCUT2D eigenvalue weighted by Gasteiger charge is -2.12. The standard InChI is InChI=1S/C14H18O4S3/c1-5-18-13(15)12(14(19-3)20-4)21(16,17)11-8-6-10(2)7-9-11/h6-9H,5H2,1-4H3. The third kappa shape index (κ3) is 4.28. The first-order chi connectivity index (χ1) is 9.88. The second kappa shape index (κ2) is 7.91. The highest BCUT2D eigenvalue weighted by molar-refractivity contribution is 8.22. The molecule has 0 spiro atoms. The lowest BCUT2D eigenvalue weighted by atomic mass is 10.2. The SMILES string of the molecule is CCOC(=O)C(=C(SC)SC)S(=O)(=O)c1ccc(C)cc1. The molecule has 0 N–H and O–H groups in total. The maximum absolute atomic E-state index is 12.7. The third-order valence-corrected chi connectivity index (χ3v) is 6.83. The van der Waals surface area contributed by atoms with Gasteiger partial charge in [-0.15, -0.1) is 23.5 Å². The highest BCUT2D eigenvalue weighted by Crippen LogP contribution is 2.34. The number of hydrogen-bond donors (Lipinski definition) is 0. The number of thioether (sulfide) groups is 2. The average molecular weight is 346 g/mol. The van der Waals surface area contributed by atoms with Gasteiger partial charge in [-0.05, 0) is 38.5 Å². The fraction of sp³-hybridized carbons (Fsp3) is 0.357. The average Bonchev–Trinajstić information content (AvgIpc) is 2.44. The molecule has 0 aliphatic heterocycles. The lowest BCUT2D eigenvalue weighted by molar-refractivity contribution is -0.137. The van der Waals surface area contributed by atoms with E-state index >= 15 is 0 Å². The minimum absolute atomic E-state index is 0.0942. The smallest absolute Gasteiger partial charge is 0.351 e. The van der Waals surface area contributed by atoms with E-state index in [9.17, 15) is 13.2 Å². The van der Waals surface area contributed by atoms with Gasteiger partial charge in [-0.3, -0.25) is 0 Å². The fourth-order valence-electron chi connectivity index (χ4n) is 1.60. The Kier molecular flexibility index (Phi) is 6.83. The molecule has 0 aliphatic carbocycles. The summed E-state index contributed by atoms with van der Waals surface area (Å²) in [5.41, 5.74) is 0.950. The molecule has 4 nitrogen and oxygen atoms in total. The summed E-state index contributed by atoms with van der Waals surface area (Å²) in [5.74, 6) is -0.809. The van der Waals surface area contributed by atoms with Crippen LogP contribution in [0, 0.1) is 6.92 Å². The fourth-order valence-corrected chi connectivity index (χ4v) is 5.19. The Morgan fingerprint density at radius 1 is 1.14 bits per heavy atom. The second-order valence-corrected chi connectivity index (χ2v) is 7.84. The molecule has 1 rings (SSSR count). The monoisotopic (exact) mass is 346 g/mol. The van der Waals surface area contributed by atoms with Crippen molar-refractivity contribution < 1.29 is 17.9 Å². The van der Waals surface area contributed by atoms with Crippen LogP contribution < -0.4 is 0 Å². The van der Waals surface area contributed by atoms with Gasteiger partial charge in [0.05, 0.1) is 15.7 Å². The second-order valence-electron chi connectivity index (χ2n) is 4.06. The molecule has 0 unspecified atom stereocenters. The van der Waals surface area contributed by atoms with Gasteiger partial charge in [0, 0.05) is 0 Å². The molecule has 0 aromatic heterocycles. The summed E-state index contributed by atoms with van der Waals surface area (Å²) >= 11 is 2.44. The first kappa shape index (κ1) is 18.1. The summed E-state index contributed by atoms with van der Waals surface area (Å²) in [4.78, 5) is 11.9. The van der Waals surface area contributed by atoms with Gasteiger partial charge in [-0.1, -0.05) is 17.7 Å². The van der Waals surface area contributed by atoms with Crippen molar-refractivity contribution in [2.45, 2.75) is 18.7 Å². The molecule has 0 atom stereocenters. The van der Waals surface area contributed by atoms with Crippen LogP contribution in [0.5, 0.6) is 0 Å². The number of aryl methyl sites for hydroxylation is 1. The van der Waals surface area contributed by atoms with Crippen LogP contribution in [0.3, 0.4) is 0 Å². The topological polar surface area (TPSA) is 60.4 Å². The molecule has 0 amide bonds. The molecule has 0 aliphatic rings. The van der Waals surface area contributed by atoms with Gasteiger partial charge in [0.25, 0.3) is 0 Å². The van der Waals surface area contributed by atoms with Crippen molar-refractivity contribution in [3.05, 3.63) is 39.0 Å². The normalized spacial score (nSPS) is 11.0. The number of benzene rings is 1. The van der Waals surface area contributed by atoms with Crippen molar-refractivity contribution in [3.63, 3.8) is 0 Å². The minimum Gasteiger partial charge on any atom is -0.462 e. The largest absolute Gasteiger partial charge is 0.462 e. The number of rotatable bonds is 6. The van der Waals surface area contributed by atoms with Gasteiger partial charge in [0.1, 0.15) is 0 Å². The van der Waals surface area contributed by atoms with Gasteiger partial charge in [0.15, 0.2) is 4.91 Å². The first-order valence-electron chi connectivity index (χ1n) is 6.19. The number of esters is 1. The summed E-state index contributed by atoms with van der Waals surface area (Å²) < 4.78 is 30.8. The van der Waals surface area contributed by atoms with E-state index in [0.717, 1.165) is 5.56 Å². The number of ether oxygens (including phenoxy) is 1. The van der Waals surface area contributed by atoms with E-state index in [-0.39, 0.29) is 16.4 Å². The zero-order valence-corrected chi connectivity index (χ0v) is 14.8. The van der Waals surface area contributed by atoms with Gasteiger partial charge in [0.2, 0.25) is 9.84 Å². The Hall–Kier alpha value is -0.920. The van der Waals surface area contributed by atoms with Crippen LogP contribution in [-0.4, -0.2) is 33.5 Å². The number of carbonyl (C=O) groups excluding carboxylic acids is 1. The third-order valence-electron chi connectivity index (χ3n) is 2.62. The molecule has 0 saturated carbocycles. The molecule has 116 valence electrons. The summed E-state index contributed by atoms with van der Waals surface area (Å²) in [6.07, 6.45) is 3.46. The maximum Gasteiger partial charge on any atom is 0.351 e. The molecule has 1 aromatic carbocycles. The van der Waals surface area contributed by atoms with Crippen LogP contribution in [0.1, 0.15) is 12.5 Å². The van der Waals surface area contributed by atoms with Gasteiger partial charge in [-0.25, -0.2) is 13.2 Å². The summed E-state index contributed by atoms with van der Waals surface area (Å²) in [5, 5.41) is 0. The Balaban J connectivity index is 3.47. The molecular formula is C14H18O4S3. The van der Waals surface area contributed by atoms with Crippen LogP contribution >= 0.6 is 23.5 Å². The molecular weight excluding hydrogens is 328 g/mol. The quantitative estimate of drug-likeness (QED) is 0.582. The highest BCUT2D eigenvalue weighted by Gasteiger charge is 2.31. The summed E-state index contributed by atoms with van der Waals surface area (Å²) in [6.45, 7) is 3.64. The van der Waals surface area contributed by atoms with E-state index < -0.39 is 15.8 Å². The van der Waals surface area contributed by atoms with Crippen LogP contribution in [0.15, 0.2) is 38.3 Å². The van der Waals surface area contributed by atoms with Crippen molar-refractivity contribution in [1.29, 1.82) is 0 Å². The number of sulfone groups is 1. The van der Waals surface area contributed by atoms with E-state index in [0.29, 0.717) is 4.24 Å². The van der Waals surface area contributed by atoms with Crippen LogP contribution in [0.4, 0.5) is 0 Å².